The lowest BCUT2D eigenvalue weighted by Crippen LogP contribution is -2.04. The number of aryl methyl sites for hydroxylation is 2. The van der Waals surface area contributed by atoms with Crippen molar-refractivity contribution in [2.75, 3.05) is 12.4 Å². The molecule has 23 heavy (non-hydrogen) atoms. The molecule has 0 saturated carbocycles. The number of rotatable bonds is 7. The van der Waals surface area contributed by atoms with Crippen LogP contribution in [0.5, 0.6) is 5.75 Å². The Labute approximate surface area is 140 Å². The van der Waals surface area contributed by atoms with Gasteiger partial charge in [0, 0.05) is 18.3 Å². The van der Waals surface area contributed by atoms with Gasteiger partial charge in [0.2, 0.25) is 0 Å². The molecule has 2 rings (SSSR count). The van der Waals surface area contributed by atoms with Crippen LogP contribution in [-0.4, -0.2) is 7.05 Å². The Kier molecular flexibility index (Phi) is 6.09. The van der Waals surface area contributed by atoms with Crippen LogP contribution in [0.15, 0.2) is 36.4 Å². The van der Waals surface area contributed by atoms with Crippen LogP contribution in [0, 0.1) is 13.8 Å². The van der Waals surface area contributed by atoms with E-state index in [2.05, 4.69) is 69.4 Å². The van der Waals surface area contributed by atoms with Crippen molar-refractivity contribution in [2.45, 2.75) is 53.1 Å². The van der Waals surface area contributed by atoms with Gasteiger partial charge in [-0.25, -0.2) is 0 Å². The van der Waals surface area contributed by atoms with E-state index in [1.807, 2.05) is 7.05 Å². The van der Waals surface area contributed by atoms with Crippen molar-refractivity contribution >= 4 is 5.69 Å². The fourth-order valence-corrected chi connectivity index (χ4v) is 3.02. The molecule has 0 fully saturated rings. The summed E-state index contributed by atoms with van der Waals surface area (Å²) in [5.74, 6) is 1.59. The molecule has 0 aromatic heterocycles. The fraction of sp³-hybridized carbons (Fsp3) is 0.429. The van der Waals surface area contributed by atoms with Crippen molar-refractivity contribution in [1.29, 1.82) is 0 Å². The number of nitrogens with one attached hydrogen (secondary N) is 1. The zero-order valence-electron chi connectivity index (χ0n) is 15.1. The second-order valence-electron chi connectivity index (χ2n) is 6.35. The van der Waals surface area contributed by atoms with Gasteiger partial charge >= 0.3 is 0 Å². The first-order valence-corrected chi connectivity index (χ1v) is 8.56. The molecule has 2 nitrogen and oxygen atoms in total. The third kappa shape index (κ3) is 4.28. The van der Waals surface area contributed by atoms with E-state index in [1.54, 1.807) is 0 Å². The summed E-state index contributed by atoms with van der Waals surface area (Å²) in [6.07, 6.45) is 2.45. The standard InChI is InChI=1S/C21H29NO/c1-6-8-15(2)18-11-12-21(17(4)13-18)23-14-19-16(3)9-7-10-20(19)22-5/h7,9-13,15,22H,6,8,14H2,1-5H3. The number of hydrogen-bond donors (Lipinski definition) is 1. The van der Waals surface area contributed by atoms with Crippen LogP contribution < -0.4 is 10.1 Å². The second kappa shape index (κ2) is 8.05. The predicted octanol–water partition coefficient (Wildman–Crippen LogP) is 5.83. The summed E-state index contributed by atoms with van der Waals surface area (Å²) in [6.45, 7) is 9.39. The first-order valence-electron chi connectivity index (χ1n) is 8.56. The minimum atomic E-state index is 0.591. The average Bonchev–Trinajstić information content (AvgIpc) is 2.54. The fourth-order valence-electron chi connectivity index (χ4n) is 3.02. The maximum absolute atomic E-state index is 6.10. The molecule has 124 valence electrons. The molecule has 0 aliphatic heterocycles. The molecule has 1 atom stereocenters. The Bertz CT molecular complexity index is 648. The van der Waals surface area contributed by atoms with Crippen molar-refractivity contribution in [3.63, 3.8) is 0 Å². The predicted molar refractivity (Wildman–Crippen MR) is 99.6 cm³/mol. The molecular formula is C21H29NO. The average molecular weight is 311 g/mol. The van der Waals surface area contributed by atoms with Gasteiger partial charge in [-0.1, -0.05) is 44.5 Å². The second-order valence-corrected chi connectivity index (χ2v) is 6.35. The van der Waals surface area contributed by atoms with E-state index in [-0.39, 0.29) is 0 Å². The van der Waals surface area contributed by atoms with Gasteiger partial charge in [-0.3, -0.25) is 0 Å². The zero-order chi connectivity index (χ0) is 16.8. The third-order valence-electron chi connectivity index (χ3n) is 4.54. The van der Waals surface area contributed by atoms with Gasteiger partial charge in [0.15, 0.2) is 0 Å². The molecule has 2 heteroatoms. The molecule has 1 N–H and O–H groups in total. The van der Waals surface area contributed by atoms with E-state index in [4.69, 9.17) is 4.74 Å². The molecule has 0 heterocycles. The molecule has 0 saturated heterocycles. The van der Waals surface area contributed by atoms with Crippen molar-refractivity contribution in [3.8, 4) is 5.75 Å². The molecule has 0 spiro atoms. The Balaban J connectivity index is 2.13. The van der Waals surface area contributed by atoms with Crippen LogP contribution in [-0.2, 0) is 6.61 Å². The highest BCUT2D eigenvalue weighted by molar-refractivity contribution is 5.54. The topological polar surface area (TPSA) is 21.3 Å². The van der Waals surface area contributed by atoms with Gasteiger partial charge in [-0.15, -0.1) is 0 Å². The minimum Gasteiger partial charge on any atom is -0.489 e. The van der Waals surface area contributed by atoms with E-state index in [1.165, 1.54) is 35.1 Å². The SMILES string of the molecule is CCCC(C)c1ccc(OCc2c(C)cccc2NC)c(C)c1. The smallest absolute Gasteiger partial charge is 0.122 e. The normalized spacial score (nSPS) is 12.0. The third-order valence-corrected chi connectivity index (χ3v) is 4.54. The molecule has 0 radical (unpaired) electrons. The van der Waals surface area contributed by atoms with Crippen LogP contribution in [0.4, 0.5) is 5.69 Å². The van der Waals surface area contributed by atoms with Crippen LogP contribution in [0.25, 0.3) is 0 Å². The molecule has 2 aromatic rings. The molecular weight excluding hydrogens is 282 g/mol. The summed E-state index contributed by atoms with van der Waals surface area (Å²) in [6, 6.07) is 12.9. The summed E-state index contributed by atoms with van der Waals surface area (Å²) in [4.78, 5) is 0. The van der Waals surface area contributed by atoms with E-state index in [0.29, 0.717) is 12.5 Å². The van der Waals surface area contributed by atoms with Crippen molar-refractivity contribution in [1.82, 2.24) is 0 Å². The van der Waals surface area contributed by atoms with Gasteiger partial charge in [-0.2, -0.15) is 0 Å². The molecule has 0 amide bonds. The highest BCUT2D eigenvalue weighted by atomic mass is 16.5. The van der Waals surface area contributed by atoms with Crippen molar-refractivity contribution in [2.24, 2.45) is 0 Å². The highest BCUT2D eigenvalue weighted by Crippen LogP contribution is 2.28. The van der Waals surface area contributed by atoms with Crippen molar-refractivity contribution < 1.29 is 4.74 Å². The number of hydrogen-bond acceptors (Lipinski definition) is 2. The first-order chi connectivity index (χ1) is 11.1. The maximum atomic E-state index is 6.10. The Morgan fingerprint density at radius 3 is 2.52 bits per heavy atom. The monoisotopic (exact) mass is 311 g/mol. The summed E-state index contributed by atoms with van der Waals surface area (Å²) in [7, 11) is 1.95. The van der Waals surface area contributed by atoms with Gasteiger partial charge in [0.1, 0.15) is 12.4 Å². The highest BCUT2D eigenvalue weighted by Gasteiger charge is 2.09. The largest absolute Gasteiger partial charge is 0.489 e. The number of anilines is 1. The minimum absolute atomic E-state index is 0.591. The summed E-state index contributed by atoms with van der Waals surface area (Å²) in [5.41, 5.74) is 6.23. The lowest BCUT2D eigenvalue weighted by atomic mass is 9.95. The van der Waals surface area contributed by atoms with Gasteiger partial charge < -0.3 is 10.1 Å². The maximum Gasteiger partial charge on any atom is 0.122 e. The van der Waals surface area contributed by atoms with Gasteiger partial charge in [-0.05, 0) is 55.0 Å². The summed E-state index contributed by atoms with van der Waals surface area (Å²) in [5, 5.41) is 3.25. The van der Waals surface area contributed by atoms with E-state index in [9.17, 15) is 0 Å². The molecule has 0 aliphatic carbocycles. The molecule has 2 aromatic carbocycles. The van der Waals surface area contributed by atoms with Crippen LogP contribution in [0.2, 0.25) is 0 Å². The van der Waals surface area contributed by atoms with Crippen molar-refractivity contribution in [3.05, 3.63) is 58.7 Å². The first kappa shape index (κ1) is 17.4. The summed E-state index contributed by atoms with van der Waals surface area (Å²) >= 11 is 0. The number of ether oxygens (including phenoxy) is 1. The van der Waals surface area contributed by atoms with Gasteiger partial charge in [0.05, 0.1) is 0 Å². The molecule has 0 aliphatic rings. The molecule has 0 bridgehead atoms. The molecule has 1 unspecified atom stereocenters. The lowest BCUT2D eigenvalue weighted by molar-refractivity contribution is 0.304. The number of benzene rings is 2. The Morgan fingerprint density at radius 1 is 1.09 bits per heavy atom. The lowest BCUT2D eigenvalue weighted by Gasteiger charge is -2.16. The van der Waals surface area contributed by atoms with Gasteiger partial charge in [0.25, 0.3) is 0 Å². The zero-order valence-corrected chi connectivity index (χ0v) is 15.1. The summed E-state index contributed by atoms with van der Waals surface area (Å²) < 4.78 is 6.10. The van der Waals surface area contributed by atoms with Crippen LogP contribution in [0.1, 0.15) is 54.9 Å². The van der Waals surface area contributed by atoms with E-state index < -0.39 is 0 Å². The Morgan fingerprint density at radius 2 is 1.87 bits per heavy atom. The van der Waals surface area contributed by atoms with Crippen LogP contribution >= 0.6 is 0 Å². The van der Waals surface area contributed by atoms with E-state index >= 15 is 0 Å². The quantitative estimate of drug-likeness (QED) is 0.695. The van der Waals surface area contributed by atoms with E-state index in [0.717, 1.165) is 11.4 Å². The van der Waals surface area contributed by atoms with Crippen LogP contribution in [0.3, 0.4) is 0 Å². The Hall–Kier alpha value is -1.96.